The number of hydrogen-bond acceptors (Lipinski definition) is 9. The molecule has 3 aromatic rings. The Morgan fingerprint density at radius 1 is 0.966 bits per heavy atom. The van der Waals surface area contributed by atoms with Gasteiger partial charge < -0.3 is 19.9 Å². The number of benzene rings is 1. The van der Waals surface area contributed by atoms with E-state index in [2.05, 4.69) is 52.4 Å². The van der Waals surface area contributed by atoms with Crippen LogP contribution < -0.4 is 19.9 Å². The molecule has 9 nitrogen and oxygen atoms in total. The highest BCUT2D eigenvalue weighted by Crippen LogP contribution is 2.15. The van der Waals surface area contributed by atoms with Crippen LogP contribution in [0.3, 0.4) is 0 Å². The third-order valence-electron chi connectivity index (χ3n) is 4.82. The second-order valence-electron chi connectivity index (χ2n) is 6.69. The number of anilines is 3. The van der Waals surface area contributed by atoms with E-state index in [0.717, 1.165) is 56.7 Å². The fraction of sp³-hybridized carbons (Fsp3) is 0.350. The quantitative estimate of drug-likeness (QED) is 0.644. The molecule has 150 valence electrons. The Balaban J connectivity index is 1.29. The minimum atomic E-state index is 0.646. The summed E-state index contributed by atoms with van der Waals surface area (Å²) in [5.74, 6) is 3.01. The zero-order valence-corrected chi connectivity index (χ0v) is 16.4. The van der Waals surface area contributed by atoms with E-state index in [1.165, 1.54) is 5.56 Å². The van der Waals surface area contributed by atoms with Gasteiger partial charge in [-0.25, -0.2) is 9.97 Å². The van der Waals surface area contributed by atoms with Crippen LogP contribution in [0.25, 0.3) is 0 Å². The van der Waals surface area contributed by atoms with E-state index in [1.54, 1.807) is 25.7 Å². The Hall–Kier alpha value is -3.49. The molecule has 1 fully saturated rings. The molecule has 1 aliphatic heterocycles. The van der Waals surface area contributed by atoms with Gasteiger partial charge in [0, 0.05) is 45.1 Å². The van der Waals surface area contributed by atoms with Crippen LogP contribution in [-0.4, -0.2) is 65.0 Å². The minimum Gasteiger partial charge on any atom is -0.497 e. The SMILES string of the molecule is COc1ccc(CCNc2cnnc(N3CCN(c4ncccn4)CC3)n2)cc1. The molecule has 9 heteroatoms. The number of hydrogen-bond donors (Lipinski definition) is 1. The maximum absolute atomic E-state index is 5.19. The Morgan fingerprint density at radius 3 is 2.34 bits per heavy atom. The molecular formula is C20H24N8O. The van der Waals surface area contributed by atoms with Gasteiger partial charge in [-0.3, -0.25) is 0 Å². The largest absolute Gasteiger partial charge is 0.497 e. The number of nitrogens with one attached hydrogen (secondary N) is 1. The van der Waals surface area contributed by atoms with Crippen molar-refractivity contribution in [2.24, 2.45) is 0 Å². The Kier molecular flexibility index (Phi) is 5.94. The molecule has 0 aliphatic carbocycles. The van der Waals surface area contributed by atoms with Crippen molar-refractivity contribution in [1.82, 2.24) is 25.1 Å². The molecule has 0 saturated carbocycles. The average molecular weight is 392 g/mol. The Morgan fingerprint density at radius 2 is 1.66 bits per heavy atom. The second-order valence-corrected chi connectivity index (χ2v) is 6.69. The zero-order valence-electron chi connectivity index (χ0n) is 16.4. The van der Waals surface area contributed by atoms with Gasteiger partial charge in [0.25, 0.3) is 0 Å². The van der Waals surface area contributed by atoms with Crippen LogP contribution in [0, 0.1) is 0 Å². The first-order chi connectivity index (χ1) is 14.3. The van der Waals surface area contributed by atoms with Gasteiger partial charge in [-0.1, -0.05) is 12.1 Å². The van der Waals surface area contributed by atoms with Gasteiger partial charge in [0.2, 0.25) is 11.9 Å². The number of ether oxygens (including phenoxy) is 1. The highest BCUT2D eigenvalue weighted by atomic mass is 16.5. The molecule has 0 unspecified atom stereocenters. The average Bonchev–Trinajstić information content (AvgIpc) is 2.80. The van der Waals surface area contributed by atoms with E-state index in [4.69, 9.17) is 4.74 Å². The number of aromatic nitrogens is 5. The van der Waals surface area contributed by atoms with Gasteiger partial charge in [0.05, 0.1) is 13.3 Å². The van der Waals surface area contributed by atoms with Crippen LogP contribution in [0.2, 0.25) is 0 Å². The van der Waals surface area contributed by atoms with Crippen molar-refractivity contribution in [2.75, 3.05) is 55.0 Å². The van der Waals surface area contributed by atoms with E-state index < -0.39 is 0 Å². The van der Waals surface area contributed by atoms with E-state index in [-0.39, 0.29) is 0 Å². The lowest BCUT2D eigenvalue weighted by atomic mass is 10.1. The van der Waals surface area contributed by atoms with Crippen LogP contribution in [0.1, 0.15) is 5.56 Å². The summed E-state index contributed by atoms with van der Waals surface area (Å²) in [6.07, 6.45) is 6.08. The van der Waals surface area contributed by atoms with Crippen LogP contribution in [0.4, 0.5) is 17.7 Å². The summed E-state index contributed by atoms with van der Waals surface area (Å²) in [4.78, 5) is 17.6. The summed E-state index contributed by atoms with van der Waals surface area (Å²) < 4.78 is 5.19. The smallest absolute Gasteiger partial charge is 0.247 e. The number of rotatable bonds is 7. The molecule has 29 heavy (non-hydrogen) atoms. The topological polar surface area (TPSA) is 92.2 Å². The molecule has 1 saturated heterocycles. The van der Waals surface area contributed by atoms with Crippen molar-refractivity contribution in [3.63, 3.8) is 0 Å². The maximum atomic E-state index is 5.19. The summed E-state index contributed by atoms with van der Waals surface area (Å²) in [6.45, 7) is 4.01. The molecule has 1 aromatic carbocycles. The van der Waals surface area contributed by atoms with E-state index in [0.29, 0.717) is 5.95 Å². The third-order valence-corrected chi connectivity index (χ3v) is 4.82. The van der Waals surface area contributed by atoms with Crippen LogP contribution >= 0.6 is 0 Å². The molecule has 0 bridgehead atoms. The summed E-state index contributed by atoms with van der Waals surface area (Å²) in [6, 6.07) is 9.91. The fourth-order valence-electron chi connectivity index (χ4n) is 3.20. The van der Waals surface area contributed by atoms with E-state index in [9.17, 15) is 0 Å². The molecule has 3 heterocycles. The predicted molar refractivity (Wildman–Crippen MR) is 111 cm³/mol. The maximum Gasteiger partial charge on any atom is 0.247 e. The van der Waals surface area contributed by atoms with Gasteiger partial charge in [-0.05, 0) is 30.2 Å². The fourth-order valence-corrected chi connectivity index (χ4v) is 3.20. The molecule has 1 N–H and O–H groups in total. The number of methoxy groups -OCH3 is 1. The molecule has 0 atom stereocenters. The molecule has 2 aromatic heterocycles. The summed E-state index contributed by atoms with van der Waals surface area (Å²) >= 11 is 0. The summed E-state index contributed by atoms with van der Waals surface area (Å²) in [5.41, 5.74) is 1.24. The zero-order chi connectivity index (χ0) is 19.9. The lowest BCUT2D eigenvalue weighted by molar-refractivity contribution is 0.414. The second kappa shape index (κ2) is 9.13. The van der Waals surface area contributed by atoms with Crippen molar-refractivity contribution < 1.29 is 4.74 Å². The minimum absolute atomic E-state index is 0.646. The first-order valence-electron chi connectivity index (χ1n) is 9.65. The number of nitrogens with zero attached hydrogens (tertiary/aromatic N) is 7. The lowest BCUT2D eigenvalue weighted by Crippen LogP contribution is -2.47. The molecular weight excluding hydrogens is 368 g/mol. The highest BCUT2D eigenvalue weighted by molar-refractivity contribution is 5.41. The first-order valence-corrected chi connectivity index (χ1v) is 9.65. The van der Waals surface area contributed by atoms with Gasteiger partial charge >= 0.3 is 0 Å². The normalized spacial score (nSPS) is 14.0. The van der Waals surface area contributed by atoms with Gasteiger partial charge in [-0.15, -0.1) is 5.10 Å². The van der Waals surface area contributed by atoms with Crippen molar-refractivity contribution in [1.29, 1.82) is 0 Å². The summed E-state index contributed by atoms with van der Waals surface area (Å²) in [5, 5.41) is 11.7. The van der Waals surface area contributed by atoms with Crippen LogP contribution in [0.5, 0.6) is 5.75 Å². The van der Waals surface area contributed by atoms with Crippen molar-refractivity contribution in [2.45, 2.75) is 6.42 Å². The molecule has 4 rings (SSSR count). The molecule has 0 spiro atoms. The standard InChI is InChI=1S/C20H24N8O/c1-29-17-5-3-16(4-6-17)7-10-21-18-15-24-26-20(25-18)28-13-11-27(12-14-28)19-22-8-2-9-23-19/h2-6,8-9,15H,7,10-14H2,1H3,(H,21,25,26). The first kappa shape index (κ1) is 18.9. The van der Waals surface area contributed by atoms with E-state index in [1.807, 2.05) is 18.2 Å². The van der Waals surface area contributed by atoms with Gasteiger partial charge in [0.15, 0.2) is 5.82 Å². The lowest BCUT2D eigenvalue weighted by Gasteiger charge is -2.34. The van der Waals surface area contributed by atoms with Crippen LogP contribution in [-0.2, 0) is 6.42 Å². The van der Waals surface area contributed by atoms with Crippen molar-refractivity contribution >= 4 is 17.7 Å². The Bertz CT molecular complexity index is 898. The monoisotopic (exact) mass is 392 g/mol. The van der Waals surface area contributed by atoms with E-state index >= 15 is 0 Å². The number of piperazine rings is 1. The summed E-state index contributed by atoms with van der Waals surface area (Å²) in [7, 11) is 1.67. The third kappa shape index (κ3) is 4.87. The molecule has 0 radical (unpaired) electrons. The predicted octanol–water partition coefficient (Wildman–Crippen LogP) is 1.65. The van der Waals surface area contributed by atoms with Crippen molar-refractivity contribution in [3.05, 3.63) is 54.5 Å². The van der Waals surface area contributed by atoms with Crippen LogP contribution in [0.15, 0.2) is 48.9 Å². The highest BCUT2D eigenvalue weighted by Gasteiger charge is 2.21. The molecule has 0 amide bonds. The van der Waals surface area contributed by atoms with Gasteiger partial charge in [0.1, 0.15) is 5.75 Å². The van der Waals surface area contributed by atoms with Gasteiger partial charge in [-0.2, -0.15) is 10.1 Å². The Labute approximate surface area is 169 Å². The van der Waals surface area contributed by atoms with Crippen molar-refractivity contribution in [3.8, 4) is 5.75 Å². The molecule has 1 aliphatic rings.